The van der Waals surface area contributed by atoms with E-state index in [1.807, 2.05) is 17.0 Å². The van der Waals surface area contributed by atoms with Crippen LogP contribution < -0.4 is 4.90 Å². The summed E-state index contributed by atoms with van der Waals surface area (Å²) in [5, 5.41) is 0. The highest BCUT2D eigenvalue weighted by molar-refractivity contribution is 5.94. The molecule has 2 saturated heterocycles. The zero-order chi connectivity index (χ0) is 18.6. The highest BCUT2D eigenvalue weighted by Gasteiger charge is 2.25. The Balaban J connectivity index is 1.39. The molecule has 0 spiro atoms. The van der Waals surface area contributed by atoms with E-state index >= 15 is 0 Å². The number of hydrogen-bond acceptors (Lipinski definition) is 2. The molecule has 1 unspecified atom stereocenters. The first-order chi connectivity index (χ1) is 13.2. The summed E-state index contributed by atoms with van der Waals surface area (Å²) in [5.74, 6) is 0.520. The number of para-hydroxylation sites is 1. The maximum Gasteiger partial charge on any atom is 0.226 e. The Morgan fingerprint density at radius 2 is 1.93 bits per heavy atom. The normalized spacial score (nSPS) is 21.0. The minimum absolute atomic E-state index is 0.147. The quantitative estimate of drug-likeness (QED) is 0.784. The number of rotatable bonds is 5. The lowest BCUT2D eigenvalue weighted by Crippen LogP contribution is -2.36. The third-order valence-corrected chi connectivity index (χ3v) is 5.90. The van der Waals surface area contributed by atoms with E-state index in [1.165, 1.54) is 11.6 Å². The van der Waals surface area contributed by atoms with Crippen LogP contribution in [0.1, 0.15) is 42.7 Å². The molecule has 0 N–H and O–H groups in total. The number of benzene rings is 2. The molecule has 2 aromatic carbocycles. The minimum Gasteiger partial charge on any atom is -0.312 e. The zero-order valence-corrected chi connectivity index (χ0v) is 15.7. The second-order valence-corrected chi connectivity index (χ2v) is 7.72. The van der Waals surface area contributed by atoms with Crippen LogP contribution >= 0.6 is 0 Å². The fourth-order valence-corrected chi connectivity index (χ4v) is 4.39. The standard InChI is InChI=1S/C23H27FN2O/c24-21-8-5-7-19(16-21)20-12-15-25(17-20)14-11-18-6-1-2-9-22(18)26-13-4-3-10-23(26)27/h1-2,5-9,16,20H,3-4,10-15,17H2. The van der Waals surface area contributed by atoms with Crippen LogP contribution in [-0.4, -0.2) is 37.0 Å². The van der Waals surface area contributed by atoms with Gasteiger partial charge in [0.25, 0.3) is 0 Å². The zero-order valence-electron chi connectivity index (χ0n) is 15.7. The summed E-state index contributed by atoms with van der Waals surface area (Å²) >= 11 is 0. The SMILES string of the molecule is O=C1CCCCN1c1ccccc1CCN1CCC(c2cccc(F)c2)C1. The highest BCUT2D eigenvalue weighted by Crippen LogP contribution is 2.29. The van der Waals surface area contributed by atoms with Crippen LogP contribution in [0.3, 0.4) is 0 Å². The van der Waals surface area contributed by atoms with Crippen molar-refractivity contribution in [3.05, 3.63) is 65.5 Å². The first-order valence-corrected chi connectivity index (χ1v) is 10.1. The average Bonchev–Trinajstić information content (AvgIpc) is 3.16. The molecule has 2 aromatic rings. The van der Waals surface area contributed by atoms with Gasteiger partial charge in [-0.05, 0) is 67.5 Å². The van der Waals surface area contributed by atoms with Crippen molar-refractivity contribution in [1.82, 2.24) is 4.90 Å². The van der Waals surface area contributed by atoms with Gasteiger partial charge in [0, 0.05) is 31.7 Å². The van der Waals surface area contributed by atoms with Crippen molar-refractivity contribution in [1.29, 1.82) is 0 Å². The Kier molecular flexibility index (Phi) is 5.53. The third kappa shape index (κ3) is 4.22. The first kappa shape index (κ1) is 18.2. The predicted molar refractivity (Wildman–Crippen MR) is 107 cm³/mol. The van der Waals surface area contributed by atoms with Crippen LogP contribution in [0.25, 0.3) is 0 Å². The molecule has 1 atom stereocenters. The van der Waals surface area contributed by atoms with Crippen molar-refractivity contribution in [3.8, 4) is 0 Å². The van der Waals surface area contributed by atoms with E-state index in [-0.39, 0.29) is 11.7 Å². The van der Waals surface area contributed by atoms with E-state index < -0.39 is 0 Å². The number of hydrogen-bond donors (Lipinski definition) is 0. The van der Waals surface area contributed by atoms with Crippen molar-refractivity contribution in [3.63, 3.8) is 0 Å². The maximum absolute atomic E-state index is 13.5. The van der Waals surface area contributed by atoms with Crippen molar-refractivity contribution in [2.24, 2.45) is 0 Å². The molecular weight excluding hydrogens is 339 g/mol. The molecule has 142 valence electrons. The summed E-state index contributed by atoms with van der Waals surface area (Å²) in [6.07, 6.45) is 4.77. The van der Waals surface area contributed by atoms with Gasteiger partial charge < -0.3 is 9.80 Å². The van der Waals surface area contributed by atoms with E-state index in [2.05, 4.69) is 23.1 Å². The monoisotopic (exact) mass is 366 g/mol. The second kappa shape index (κ2) is 8.22. The lowest BCUT2D eigenvalue weighted by Gasteiger charge is -2.29. The van der Waals surface area contributed by atoms with E-state index in [1.54, 1.807) is 12.1 Å². The number of nitrogens with zero attached hydrogens (tertiary/aromatic N) is 2. The molecule has 0 radical (unpaired) electrons. The molecule has 3 nitrogen and oxygen atoms in total. The molecule has 1 amide bonds. The molecule has 2 aliphatic heterocycles. The van der Waals surface area contributed by atoms with E-state index in [0.717, 1.165) is 63.1 Å². The Morgan fingerprint density at radius 3 is 2.78 bits per heavy atom. The molecule has 27 heavy (non-hydrogen) atoms. The van der Waals surface area contributed by atoms with Gasteiger partial charge in [0.05, 0.1) is 0 Å². The maximum atomic E-state index is 13.5. The van der Waals surface area contributed by atoms with E-state index in [9.17, 15) is 9.18 Å². The molecular formula is C23H27FN2O. The van der Waals surface area contributed by atoms with E-state index in [4.69, 9.17) is 0 Å². The first-order valence-electron chi connectivity index (χ1n) is 10.1. The molecule has 0 aliphatic carbocycles. The Bertz CT molecular complexity index is 806. The second-order valence-electron chi connectivity index (χ2n) is 7.72. The van der Waals surface area contributed by atoms with Gasteiger partial charge in [0.15, 0.2) is 0 Å². The predicted octanol–water partition coefficient (Wildman–Crippen LogP) is 4.37. The summed E-state index contributed by atoms with van der Waals surface area (Å²) in [4.78, 5) is 16.8. The van der Waals surface area contributed by atoms with Crippen LogP contribution in [0.2, 0.25) is 0 Å². The van der Waals surface area contributed by atoms with Crippen molar-refractivity contribution in [2.45, 2.75) is 38.0 Å². The topological polar surface area (TPSA) is 23.6 Å². The van der Waals surface area contributed by atoms with Gasteiger partial charge in [0.2, 0.25) is 5.91 Å². The van der Waals surface area contributed by atoms with Gasteiger partial charge in [-0.1, -0.05) is 30.3 Å². The third-order valence-electron chi connectivity index (χ3n) is 5.90. The van der Waals surface area contributed by atoms with Gasteiger partial charge in [-0.15, -0.1) is 0 Å². The smallest absolute Gasteiger partial charge is 0.226 e. The number of amides is 1. The molecule has 4 heteroatoms. The Morgan fingerprint density at radius 1 is 1.04 bits per heavy atom. The van der Waals surface area contributed by atoms with Crippen molar-refractivity contribution < 1.29 is 9.18 Å². The van der Waals surface area contributed by atoms with Crippen LogP contribution in [-0.2, 0) is 11.2 Å². The van der Waals surface area contributed by atoms with Crippen LogP contribution in [0.15, 0.2) is 48.5 Å². The molecule has 0 saturated carbocycles. The average molecular weight is 366 g/mol. The largest absolute Gasteiger partial charge is 0.312 e. The highest BCUT2D eigenvalue weighted by atomic mass is 19.1. The fraction of sp³-hybridized carbons (Fsp3) is 0.435. The summed E-state index contributed by atoms with van der Waals surface area (Å²) < 4.78 is 13.5. The Hall–Kier alpha value is -2.20. The molecule has 2 heterocycles. The van der Waals surface area contributed by atoms with Gasteiger partial charge in [-0.2, -0.15) is 0 Å². The van der Waals surface area contributed by atoms with Gasteiger partial charge >= 0.3 is 0 Å². The molecule has 0 bridgehead atoms. The van der Waals surface area contributed by atoms with E-state index in [0.29, 0.717) is 12.3 Å². The Labute approximate surface area is 160 Å². The lowest BCUT2D eigenvalue weighted by atomic mass is 9.98. The molecule has 0 aromatic heterocycles. The van der Waals surface area contributed by atoms with Gasteiger partial charge in [0.1, 0.15) is 5.82 Å². The fourth-order valence-electron chi connectivity index (χ4n) is 4.39. The summed E-state index contributed by atoms with van der Waals surface area (Å²) in [6, 6.07) is 15.3. The number of halogens is 1. The number of likely N-dealkylation sites (tertiary alicyclic amines) is 1. The summed E-state index contributed by atoms with van der Waals surface area (Å²) in [7, 11) is 0. The summed E-state index contributed by atoms with van der Waals surface area (Å²) in [6.45, 7) is 3.84. The lowest BCUT2D eigenvalue weighted by molar-refractivity contribution is -0.119. The van der Waals surface area contributed by atoms with Crippen LogP contribution in [0.5, 0.6) is 0 Å². The van der Waals surface area contributed by atoms with Gasteiger partial charge in [-0.3, -0.25) is 4.79 Å². The molecule has 2 fully saturated rings. The van der Waals surface area contributed by atoms with Crippen LogP contribution in [0.4, 0.5) is 10.1 Å². The summed E-state index contributed by atoms with van der Waals surface area (Å²) in [5.41, 5.74) is 3.45. The minimum atomic E-state index is -0.147. The van der Waals surface area contributed by atoms with Crippen molar-refractivity contribution >= 4 is 11.6 Å². The number of carbonyl (C=O) groups is 1. The molecule has 2 aliphatic rings. The molecule has 4 rings (SSSR count). The number of carbonyl (C=O) groups excluding carboxylic acids is 1. The van der Waals surface area contributed by atoms with Crippen molar-refractivity contribution in [2.75, 3.05) is 31.1 Å². The van der Waals surface area contributed by atoms with Crippen LogP contribution in [0, 0.1) is 5.82 Å². The number of piperidine rings is 1. The van der Waals surface area contributed by atoms with Gasteiger partial charge in [-0.25, -0.2) is 4.39 Å². The number of anilines is 1.